The zero-order valence-corrected chi connectivity index (χ0v) is 16.4. The molecule has 1 fully saturated rings. The van der Waals surface area contributed by atoms with Gasteiger partial charge in [0.1, 0.15) is 5.82 Å². The highest BCUT2D eigenvalue weighted by molar-refractivity contribution is 7.89. The van der Waals surface area contributed by atoms with E-state index in [0.29, 0.717) is 5.82 Å². The van der Waals surface area contributed by atoms with Crippen LogP contribution in [0.1, 0.15) is 38.9 Å². The number of nitrogens with two attached hydrogens (primary N) is 1. The van der Waals surface area contributed by atoms with E-state index in [1.54, 1.807) is 13.8 Å². The van der Waals surface area contributed by atoms with Crippen LogP contribution in [0.15, 0.2) is 27.6 Å². The van der Waals surface area contributed by atoms with Gasteiger partial charge in [-0.3, -0.25) is 0 Å². The van der Waals surface area contributed by atoms with Gasteiger partial charge in [0.25, 0.3) is 5.89 Å². The molecule has 0 bridgehead atoms. The Morgan fingerprint density at radius 3 is 2.54 bits per heavy atom. The van der Waals surface area contributed by atoms with E-state index >= 15 is 0 Å². The van der Waals surface area contributed by atoms with Crippen molar-refractivity contribution in [3.63, 3.8) is 0 Å². The van der Waals surface area contributed by atoms with Gasteiger partial charge in [0.2, 0.25) is 10.0 Å². The number of sulfonamides is 1. The van der Waals surface area contributed by atoms with Crippen LogP contribution in [0.5, 0.6) is 0 Å². The first-order chi connectivity index (χ1) is 11.6. The van der Waals surface area contributed by atoms with Crippen molar-refractivity contribution in [1.29, 1.82) is 0 Å². The van der Waals surface area contributed by atoms with Crippen LogP contribution in [0.4, 0.5) is 4.39 Å². The molecule has 0 aliphatic heterocycles. The lowest BCUT2D eigenvalue weighted by Crippen LogP contribution is -2.44. The fourth-order valence-corrected chi connectivity index (χ4v) is 3.98. The molecule has 0 spiro atoms. The van der Waals surface area contributed by atoms with Crippen LogP contribution in [0.3, 0.4) is 0 Å². The van der Waals surface area contributed by atoms with Gasteiger partial charge in [-0.1, -0.05) is 5.16 Å². The van der Waals surface area contributed by atoms with Gasteiger partial charge in [-0.15, -0.1) is 12.4 Å². The predicted molar refractivity (Wildman–Crippen MR) is 96.7 cm³/mol. The number of nitrogens with zero attached hydrogens (tertiary/aromatic N) is 3. The van der Waals surface area contributed by atoms with Gasteiger partial charge in [-0.2, -0.15) is 9.29 Å². The highest BCUT2D eigenvalue weighted by Crippen LogP contribution is 2.38. The molecule has 7 nitrogen and oxygen atoms in total. The van der Waals surface area contributed by atoms with E-state index in [0.717, 1.165) is 25.3 Å². The Morgan fingerprint density at radius 2 is 2.00 bits per heavy atom. The van der Waals surface area contributed by atoms with Gasteiger partial charge in [-0.05, 0) is 51.3 Å². The number of rotatable bonds is 5. The maximum absolute atomic E-state index is 14.2. The summed E-state index contributed by atoms with van der Waals surface area (Å²) in [4.78, 5) is 4.15. The summed E-state index contributed by atoms with van der Waals surface area (Å²) in [6.45, 7) is 3.51. The minimum atomic E-state index is -3.75. The quantitative estimate of drug-likeness (QED) is 0.821. The van der Waals surface area contributed by atoms with Crippen LogP contribution in [0, 0.1) is 5.82 Å². The first-order valence-corrected chi connectivity index (χ1v) is 9.50. The van der Waals surface area contributed by atoms with Crippen LogP contribution in [0.25, 0.3) is 11.5 Å². The number of hydrogen-bond donors (Lipinski definition) is 1. The Labute approximate surface area is 158 Å². The van der Waals surface area contributed by atoms with Crippen molar-refractivity contribution in [1.82, 2.24) is 14.4 Å². The summed E-state index contributed by atoms with van der Waals surface area (Å²) in [5.74, 6) is -0.393. The lowest BCUT2D eigenvalue weighted by molar-refractivity contribution is 0.229. The lowest BCUT2D eigenvalue weighted by atomic mass is 9.77. The van der Waals surface area contributed by atoms with E-state index in [1.807, 2.05) is 0 Å². The molecule has 10 heteroatoms. The summed E-state index contributed by atoms with van der Waals surface area (Å²) >= 11 is 0. The Balaban J connectivity index is 0.00000243. The monoisotopic (exact) mass is 404 g/mol. The second-order valence-corrected chi connectivity index (χ2v) is 8.69. The first kappa shape index (κ1) is 20.8. The second-order valence-electron chi connectivity index (χ2n) is 6.69. The Hall–Kier alpha value is -1.55. The molecule has 2 aromatic rings. The van der Waals surface area contributed by atoms with Crippen LogP contribution < -0.4 is 5.73 Å². The number of halogens is 2. The van der Waals surface area contributed by atoms with Crippen molar-refractivity contribution < 1.29 is 17.3 Å². The van der Waals surface area contributed by atoms with Crippen molar-refractivity contribution in [2.75, 3.05) is 7.05 Å². The summed E-state index contributed by atoms with van der Waals surface area (Å²) in [7, 11) is -2.27. The highest BCUT2D eigenvalue weighted by atomic mass is 35.5. The van der Waals surface area contributed by atoms with E-state index in [9.17, 15) is 12.8 Å². The largest absolute Gasteiger partial charge is 0.334 e. The topological polar surface area (TPSA) is 102 Å². The molecular weight excluding hydrogens is 383 g/mol. The Morgan fingerprint density at radius 1 is 1.35 bits per heavy atom. The molecule has 1 heterocycles. The molecule has 1 aliphatic rings. The zero-order valence-electron chi connectivity index (χ0n) is 14.8. The van der Waals surface area contributed by atoms with Crippen molar-refractivity contribution >= 4 is 22.4 Å². The van der Waals surface area contributed by atoms with Gasteiger partial charge in [0.05, 0.1) is 16.0 Å². The Bertz CT molecular complexity index is 897. The third kappa shape index (κ3) is 3.48. The smallest absolute Gasteiger partial charge is 0.261 e. The molecule has 144 valence electrons. The SMILES string of the molecule is CC(C)N(C)S(=O)(=O)c1ccc(F)c(-c2nc(C3(N)CCC3)no2)c1.Cl. The lowest BCUT2D eigenvalue weighted by Gasteiger charge is -2.34. The van der Waals surface area contributed by atoms with Crippen molar-refractivity contribution in [3.8, 4) is 11.5 Å². The first-order valence-electron chi connectivity index (χ1n) is 8.06. The maximum Gasteiger partial charge on any atom is 0.261 e. The second kappa shape index (κ2) is 7.22. The number of benzene rings is 1. The fraction of sp³-hybridized carbons (Fsp3) is 0.500. The Kier molecular flexibility index (Phi) is 5.77. The maximum atomic E-state index is 14.2. The highest BCUT2D eigenvalue weighted by Gasteiger charge is 2.39. The molecule has 0 radical (unpaired) electrons. The molecule has 2 N–H and O–H groups in total. The van der Waals surface area contributed by atoms with Crippen LogP contribution in [0.2, 0.25) is 0 Å². The summed E-state index contributed by atoms with van der Waals surface area (Å²) < 4.78 is 45.8. The van der Waals surface area contributed by atoms with Gasteiger partial charge >= 0.3 is 0 Å². The van der Waals surface area contributed by atoms with Crippen molar-refractivity contribution in [3.05, 3.63) is 29.8 Å². The fourth-order valence-electron chi connectivity index (χ4n) is 2.59. The molecule has 1 saturated carbocycles. The van der Waals surface area contributed by atoms with Crippen LogP contribution >= 0.6 is 12.4 Å². The third-order valence-corrected chi connectivity index (χ3v) is 6.72. The third-order valence-electron chi connectivity index (χ3n) is 4.69. The molecule has 0 amide bonds. The zero-order chi connectivity index (χ0) is 18.4. The molecule has 26 heavy (non-hydrogen) atoms. The summed E-state index contributed by atoms with van der Waals surface area (Å²) in [6, 6.07) is 3.29. The van der Waals surface area contributed by atoms with Crippen molar-refractivity contribution in [2.24, 2.45) is 5.73 Å². The predicted octanol–water partition coefficient (Wildman–Crippen LogP) is 2.66. The minimum Gasteiger partial charge on any atom is -0.334 e. The van der Waals surface area contributed by atoms with E-state index < -0.39 is 21.4 Å². The average molecular weight is 405 g/mol. The van der Waals surface area contributed by atoms with Gasteiger partial charge in [-0.25, -0.2) is 12.8 Å². The summed E-state index contributed by atoms with van der Waals surface area (Å²) in [5.41, 5.74) is 5.45. The summed E-state index contributed by atoms with van der Waals surface area (Å²) in [6.07, 6.45) is 2.45. The number of aromatic nitrogens is 2. The molecule has 1 aromatic heterocycles. The molecule has 1 aliphatic carbocycles. The molecule has 1 aromatic carbocycles. The van der Waals surface area contributed by atoms with E-state index in [-0.39, 0.29) is 34.8 Å². The van der Waals surface area contributed by atoms with Crippen LogP contribution in [-0.4, -0.2) is 36.0 Å². The van der Waals surface area contributed by atoms with Gasteiger partial charge in [0.15, 0.2) is 5.82 Å². The minimum absolute atomic E-state index is 0. The summed E-state index contributed by atoms with van der Waals surface area (Å²) in [5, 5.41) is 3.84. The van der Waals surface area contributed by atoms with E-state index in [1.165, 1.54) is 23.5 Å². The molecular formula is C16H22ClFN4O3S. The van der Waals surface area contributed by atoms with Gasteiger partial charge < -0.3 is 10.3 Å². The van der Waals surface area contributed by atoms with Crippen molar-refractivity contribution in [2.45, 2.75) is 49.6 Å². The standard InChI is InChI=1S/C16H21FN4O3S.ClH/c1-10(2)21(3)25(22,23)11-5-6-13(17)12(9-11)14-19-15(20-24-14)16(18)7-4-8-16;/h5-6,9-10H,4,7-8,18H2,1-3H3;1H. The molecule has 0 unspecified atom stereocenters. The van der Waals surface area contributed by atoms with E-state index in [4.69, 9.17) is 10.3 Å². The van der Waals surface area contributed by atoms with Gasteiger partial charge in [0, 0.05) is 13.1 Å². The molecule has 3 rings (SSSR count). The normalized spacial score (nSPS) is 16.4. The molecule has 0 atom stereocenters. The number of hydrogen-bond acceptors (Lipinski definition) is 6. The van der Waals surface area contributed by atoms with Crippen LogP contribution in [-0.2, 0) is 15.6 Å². The van der Waals surface area contributed by atoms with E-state index in [2.05, 4.69) is 10.1 Å². The molecule has 0 saturated heterocycles. The average Bonchev–Trinajstić information content (AvgIpc) is 3.02.